The number of rotatable bonds is 4. The van der Waals surface area contributed by atoms with Gasteiger partial charge in [-0.25, -0.2) is 9.78 Å². The van der Waals surface area contributed by atoms with Crippen LogP contribution in [0.25, 0.3) is 0 Å². The first-order valence-corrected chi connectivity index (χ1v) is 4.80. The predicted molar refractivity (Wildman–Crippen MR) is 59.3 cm³/mol. The van der Waals surface area contributed by atoms with Gasteiger partial charge in [-0.15, -0.1) is 0 Å². The number of carbonyl (C=O) groups is 1. The van der Waals surface area contributed by atoms with E-state index in [2.05, 4.69) is 15.3 Å². The maximum absolute atomic E-state index is 10.7. The number of aromatic amines is 1. The van der Waals surface area contributed by atoms with Crippen LogP contribution in [0.15, 0.2) is 36.8 Å². The molecule has 0 atom stereocenters. The number of H-pyrrole nitrogens is 1. The van der Waals surface area contributed by atoms with Gasteiger partial charge < -0.3 is 15.4 Å². The fourth-order valence-corrected chi connectivity index (χ4v) is 1.34. The summed E-state index contributed by atoms with van der Waals surface area (Å²) in [6, 6.07) is 6.68. The summed E-state index contributed by atoms with van der Waals surface area (Å²) >= 11 is 0. The van der Waals surface area contributed by atoms with Crippen LogP contribution in [-0.4, -0.2) is 21.0 Å². The highest BCUT2D eigenvalue weighted by Crippen LogP contribution is 2.11. The number of imidazole rings is 1. The number of hydrogen-bond acceptors (Lipinski definition) is 3. The average molecular weight is 217 g/mol. The van der Waals surface area contributed by atoms with Crippen LogP contribution in [-0.2, 0) is 6.54 Å². The molecule has 0 saturated carbocycles. The number of aromatic nitrogens is 2. The Balaban J connectivity index is 2.04. The zero-order chi connectivity index (χ0) is 11.4. The highest BCUT2D eigenvalue weighted by atomic mass is 16.4. The molecule has 1 aromatic carbocycles. The fraction of sp³-hybridized carbons (Fsp3) is 0.0909. The average Bonchev–Trinajstić information content (AvgIpc) is 2.79. The van der Waals surface area contributed by atoms with Crippen molar-refractivity contribution >= 4 is 11.7 Å². The van der Waals surface area contributed by atoms with Gasteiger partial charge in [0.05, 0.1) is 24.1 Å². The number of carboxylic acids is 1. The Morgan fingerprint density at radius 2 is 2.38 bits per heavy atom. The second-order valence-corrected chi connectivity index (χ2v) is 3.32. The molecule has 0 spiro atoms. The quantitative estimate of drug-likeness (QED) is 0.728. The number of aromatic carboxylic acids is 1. The number of nitrogens with one attached hydrogen (secondary N) is 2. The number of hydrogen-bond donors (Lipinski definition) is 3. The monoisotopic (exact) mass is 217 g/mol. The first kappa shape index (κ1) is 10.2. The van der Waals surface area contributed by atoms with E-state index in [4.69, 9.17) is 5.11 Å². The van der Waals surface area contributed by atoms with Crippen LogP contribution in [0.2, 0.25) is 0 Å². The second kappa shape index (κ2) is 4.48. The lowest BCUT2D eigenvalue weighted by Gasteiger charge is -2.05. The summed E-state index contributed by atoms with van der Waals surface area (Å²) < 4.78 is 0. The minimum atomic E-state index is -0.926. The molecule has 3 N–H and O–H groups in total. The van der Waals surface area contributed by atoms with Gasteiger partial charge in [-0.2, -0.15) is 0 Å². The maximum Gasteiger partial charge on any atom is 0.335 e. The van der Waals surface area contributed by atoms with Crippen LogP contribution in [0.4, 0.5) is 5.69 Å². The Kier molecular flexibility index (Phi) is 2.86. The molecule has 16 heavy (non-hydrogen) atoms. The molecule has 0 unspecified atom stereocenters. The van der Waals surface area contributed by atoms with Crippen LogP contribution in [0.3, 0.4) is 0 Å². The zero-order valence-corrected chi connectivity index (χ0v) is 8.47. The third-order valence-corrected chi connectivity index (χ3v) is 2.15. The highest BCUT2D eigenvalue weighted by Gasteiger charge is 2.02. The topological polar surface area (TPSA) is 78.0 Å². The van der Waals surface area contributed by atoms with E-state index in [1.807, 2.05) is 6.07 Å². The largest absolute Gasteiger partial charge is 0.478 e. The van der Waals surface area contributed by atoms with Crippen LogP contribution < -0.4 is 5.32 Å². The summed E-state index contributed by atoms with van der Waals surface area (Å²) in [4.78, 5) is 17.6. The number of benzene rings is 1. The van der Waals surface area contributed by atoms with Crippen LogP contribution in [0, 0.1) is 0 Å². The molecular weight excluding hydrogens is 206 g/mol. The summed E-state index contributed by atoms with van der Waals surface area (Å²) in [5, 5.41) is 11.9. The zero-order valence-electron chi connectivity index (χ0n) is 8.47. The number of nitrogens with zero attached hydrogens (tertiary/aromatic N) is 1. The molecule has 5 nitrogen and oxygen atoms in total. The second-order valence-electron chi connectivity index (χ2n) is 3.32. The van der Waals surface area contributed by atoms with Crippen molar-refractivity contribution in [1.29, 1.82) is 0 Å². The molecule has 2 aromatic rings. The molecule has 1 aromatic heterocycles. The highest BCUT2D eigenvalue weighted by molar-refractivity contribution is 5.88. The van der Waals surface area contributed by atoms with Gasteiger partial charge in [-0.05, 0) is 18.2 Å². The van der Waals surface area contributed by atoms with E-state index in [0.29, 0.717) is 6.54 Å². The van der Waals surface area contributed by atoms with Gasteiger partial charge in [0.1, 0.15) is 0 Å². The van der Waals surface area contributed by atoms with E-state index in [9.17, 15) is 4.79 Å². The summed E-state index contributed by atoms with van der Waals surface area (Å²) in [7, 11) is 0. The smallest absolute Gasteiger partial charge is 0.335 e. The van der Waals surface area contributed by atoms with Crippen molar-refractivity contribution in [3.63, 3.8) is 0 Å². The molecule has 5 heteroatoms. The Morgan fingerprint density at radius 3 is 3.06 bits per heavy atom. The molecule has 0 aliphatic carbocycles. The third-order valence-electron chi connectivity index (χ3n) is 2.15. The predicted octanol–water partition coefficient (Wildman–Crippen LogP) is 1.72. The summed E-state index contributed by atoms with van der Waals surface area (Å²) in [6.45, 7) is 0.586. The molecule has 0 bridgehead atoms. The van der Waals surface area contributed by atoms with Crippen molar-refractivity contribution in [3.05, 3.63) is 48.0 Å². The van der Waals surface area contributed by atoms with Crippen LogP contribution in [0.5, 0.6) is 0 Å². The molecule has 0 radical (unpaired) electrons. The minimum absolute atomic E-state index is 0.273. The van der Waals surface area contributed by atoms with Crippen molar-refractivity contribution in [2.45, 2.75) is 6.54 Å². The molecule has 1 heterocycles. The van der Waals surface area contributed by atoms with Crippen molar-refractivity contribution in [1.82, 2.24) is 9.97 Å². The normalized spacial score (nSPS) is 10.0. The van der Waals surface area contributed by atoms with Crippen molar-refractivity contribution in [2.75, 3.05) is 5.32 Å². The van der Waals surface area contributed by atoms with E-state index >= 15 is 0 Å². The van der Waals surface area contributed by atoms with Gasteiger partial charge >= 0.3 is 5.97 Å². The molecule has 0 amide bonds. The van der Waals surface area contributed by atoms with E-state index in [0.717, 1.165) is 11.4 Å². The van der Waals surface area contributed by atoms with E-state index in [1.165, 1.54) is 0 Å². The molecule has 0 aliphatic rings. The molecule has 0 saturated heterocycles. The van der Waals surface area contributed by atoms with E-state index in [-0.39, 0.29) is 5.56 Å². The Labute approximate surface area is 92.2 Å². The van der Waals surface area contributed by atoms with Gasteiger partial charge in [0.25, 0.3) is 0 Å². The molecular formula is C11H11N3O2. The van der Waals surface area contributed by atoms with Crippen molar-refractivity contribution < 1.29 is 9.90 Å². The molecule has 0 aliphatic heterocycles. The molecule has 2 rings (SSSR count). The summed E-state index contributed by atoms with van der Waals surface area (Å²) in [5.74, 6) is -0.926. The SMILES string of the molecule is O=C(O)c1cccc(NCc2cnc[nH]2)c1. The summed E-state index contributed by atoms with van der Waals surface area (Å²) in [5.41, 5.74) is 1.99. The van der Waals surface area contributed by atoms with Gasteiger partial charge in [-0.3, -0.25) is 0 Å². The Morgan fingerprint density at radius 1 is 1.50 bits per heavy atom. The lowest BCUT2D eigenvalue weighted by atomic mass is 10.2. The third kappa shape index (κ3) is 2.38. The Hall–Kier alpha value is -2.30. The number of anilines is 1. The fourth-order valence-electron chi connectivity index (χ4n) is 1.34. The van der Waals surface area contributed by atoms with Crippen molar-refractivity contribution in [2.24, 2.45) is 0 Å². The van der Waals surface area contributed by atoms with Crippen LogP contribution >= 0.6 is 0 Å². The first-order chi connectivity index (χ1) is 7.75. The van der Waals surface area contributed by atoms with E-state index in [1.54, 1.807) is 30.7 Å². The van der Waals surface area contributed by atoms with Gasteiger partial charge in [0.2, 0.25) is 0 Å². The molecule has 82 valence electrons. The minimum Gasteiger partial charge on any atom is -0.478 e. The number of carboxylic acid groups (broad SMARTS) is 1. The lowest BCUT2D eigenvalue weighted by Crippen LogP contribution is -2.02. The summed E-state index contributed by atoms with van der Waals surface area (Å²) in [6.07, 6.45) is 3.32. The van der Waals surface area contributed by atoms with Crippen molar-refractivity contribution in [3.8, 4) is 0 Å². The molecule has 0 fully saturated rings. The van der Waals surface area contributed by atoms with E-state index < -0.39 is 5.97 Å². The maximum atomic E-state index is 10.7. The van der Waals surface area contributed by atoms with Gasteiger partial charge in [0.15, 0.2) is 0 Å². The lowest BCUT2D eigenvalue weighted by molar-refractivity contribution is 0.0697. The Bertz CT molecular complexity index is 480. The first-order valence-electron chi connectivity index (χ1n) is 4.80. The van der Waals surface area contributed by atoms with Crippen LogP contribution in [0.1, 0.15) is 16.1 Å². The standard InChI is InChI=1S/C11H11N3O2/c15-11(16)8-2-1-3-9(4-8)13-6-10-5-12-7-14-10/h1-5,7,13H,6H2,(H,12,14)(H,15,16). The van der Waals surface area contributed by atoms with Gasteiger partial charge in [-0.1, -0.05) is 6.07 Å². The van der Waals surface area contributed by atoms with Gasteiger partial charge in [0, 0.05) is 11.9 Å².